The minimum absolute atomic E-state index is 0.0179. The third-order valence-electron chi connectivity index (χ3n) is 4.04. The summed E-state index contributed by atoms with van der Waals surface area (Å²) in [5.74, 6) is -0.432. The molecular weight excluding hydrogens is 332 g/mol. The van der Waals surface area contributed by atoms with Crippen molar-refractivity contribution in [3.63, 3.8) is 0 Å². The summed E-state index contributed by atoms with van der Waals surface area (Å²) in [6.07, 6.45) is 1.37. The molecule has 0 spiro atoms. The minimum atomic E-state index is -0.627. The molecule has 0 fully saturated rings. The first-order valence-corrected chi connectivity index (χ1v) is 8.12. The molecule has 1 heterocycles. The Morgan fingerprint density at radius 2 is 1.73 bits per heavy atom. The van der Waals surface area contributed by atoms with Gasteiger partial charge in [-0.15, -0.1) is 0 Å². The highest BCUT2D eigenvalue weighted by Crippen LogP contribution is 2.26. The van der Waals surface area contributed by atoms with Crippen molar-refractivity contribution in [3.05, 3.63) is 81.0 Å². The first kappa shape index (κ1) is 17.5. The Balaban J connectivity index is 1.94. The number of hydrogen-bond donors (Lipinski definition) is 0. The molecule has 0 saturated heterocycles. The SMILES string of the molecule is CC(C)(C)c1ccc(C2=N/C(=C\c3ccccc3[N+](=O)[O-])C(=O)O2)cc1. The average molecular weight is 350 g/mol. The standard InChI is InChI=1S/C20H18N2O4/c1-20(2,3)15-10-8-13(9-11-15)18-21-16(19(23)26-18)12-14-6-4-5-7-17(14)22(24)25/h4-12H,1-3H3/b16-12-. The summed E-state index contributed by atoms with van der Waals surface area (Å²) in [6.45, 7) is 6.34. The van der Waals surface area contributed by atoms with E-state index in [1.54, 1.807) is 18.2 Å². The zero-order valence-electron chi connectivity index (χ0n) is 14.7. The lowest BCUT2D eigenvalue weighted by Gasteiger charge is -2.18. The van der Waals surface area contributed by atoms with E-state index in [2.05, 4.69) is 25.8 Å². The summed E-state index contributed by atoms with van der Waals surface area (Å²) in [6, 6.07) is 13.8. The van der Waals surface area contributed by atoms with Crippen LogP contribution in [0.2, 0.25) is 0 Å². The van der Waals surface area contributed by atoms with E-state index in [4.69, 9.17) is 4.74 Å². The molecular formula is C20H18N2O4. The molecule has 2 aromatic rings. The molecule has 6 heteroatoms. The number of hydrogen-bond acceptors (Lipinski definition) is 5. The predicted molar refractivity (Wildman–Crippen MR) is 98.8 cm³/mol. The quantitative estimate of drug-likeness (QED) is 0.359. The van der Waals surface area contributed by atoms with Crippen LogP contribution in [0.4, 0.5) is 5.69 Å². The van der Waals surface area contributed by atoms with Crippen LogP contribution in [-0.4, -0.2) is 16.8 Å². The minimum Gasteiger partial charge on any atom is -0.402 e. The van der Waals surface area contributed by atoms with Gasteiger partial charge in [0.15, 0.2) is 5.70 Å². The second kappa shape index (κ2) is 6.55. The van der Waals surface area contributed by atoms with Gasteiger partial charge < -0.3 is 4.74 Å². The molecule has 0 amide bonds. The smallest absolute Gasteiger partial charge is 0.363 e. The molecule has 2 aromatic carbocycles. The fraction of sp³-hybridized carbons (Fsp3) is 0.200. The van der Waals surface area contributed by atoms with Crippen molar-refractivity contribution in [1.82, 2.24) is 0 Å². The highest BCUT2D eigenvalue weighted by atomic mass is 16.6. The predicted octanol–water partition coefficient (Wildman–Crippen LogP) is 4.24. The Hall–Kier alpha value is -3.28. The number of benzene rings is 2. The van der Waals surface area contributed by atoms with Gasteiger partial charge in [0.2, 0.25) is 5.90 Å². The molecule has 0 aromatic heterocycles. The number of esters is 1. The van der Waals surface area contributed by atoms with Crippen LogP contribution in [0.1, 0.15) is 37.5 Å². The Kier molecular flexibility index (Phi) is 4.42. The molecule has 0 unspecified atom stereocenters. The monoisotopic (exact) mass is 350 g/mol. The normalized spacial score (nSPS) is 15.7. The highest BCUT2D eigenvalue weighted by Gasteiger charge is 2.25. The maximum absolute atomic E-state index is 12.1. The van der Waals surface area contributed by atoms with E-state index < -0.39 is 10.9 Å². The fourth-order valence-electron chi connectivity index (χ4n) is 2.57. The molecule has 26 heavy (non-hydrogen) atoms. The molecule has 1 aliphatic rings. The van der Waals surface area contributed by atoms with Crippen LogP contribution in [0.5, 0.6) is 0 Å². The van der Waals surface area contributed by atoms with Crippen molar-refractivity contribution in [2.24, 2.45) is 4.99 Å². The molecule has 3 rings (SSSR count). The number of rotatable bonds is 3. The van der Waals surface area contributed by atoms with Crippen LogP contribution in [0.25, 0.3) is 6.08 Å². The molecule has 1 aliphatic heterocycles. The Morgan fingerprint density at radius 1 is 1.08 bits per heavy atom. The van der Waals surface area contributed by atoms with E-state index in [0.29, 0.717) is 11.1 Å². The number of ether oxygens (including phenoxy) is 1. The van der Waals surface area contributed by atoms with Crippen LogP contribution in [0, 0.1) is 10.1 Å². The lowest BCUT2D eigenvalue weighted by atomic mass is 9.87. The van der Waals surface area contributed by atoms with Gasteiger partial charge in [0.05, 0.1) is 10.5 Å². The molecule has 132 valence electrons. The van der Waals surface area contributed by atoms with Crippen LogP contribution in [0.15, 0.2) is 59.2 Å². The first-order chi connectivity index (χ1) is 12.3. The number of cyclic esters (lactones) is 1. The van der Waals surface area contributed by atoms with Gasteiger partial charge >= 0.3 is 5.97 Å². The Labute approximate surface area is 151 Å². The second-order valence-electron chi connectivity index (χ2n) is 6.98. The first-order valence-electron chi connectivity index (χ1n) is 8.12. The molecule has 0 bridgehead atoms. The number of nitro benzene ring substituents is 1. The van der Waals surface area contributed by atoms with E-state index in [1.807, 2.05) is 24.3 Å². The maximum Gasteiger partial charge on any atom is 0.363 e. The Morgan fingerprint density at radius 3 is 2.35 bits per heavy atom. The summed E-state index contributed by atoms with van der Waals surface area (Å²) < 4.78 is 5.23. The number of para-hydroxylation sites is 1. The van der Waals surface area contributed by atoms with E-state index in [-0.39, 0.29) is 22.7 Å². The fourth-order valence-corrected chi connectivity index (χ4v) is 2.57. The number of aliphatic imine (C=N–C) groups is 1. The average Bonchev–Trinajstić information content (AvgIpc) is 2.95. The summed E-state index contributed by atoms with van der Waals surface area (Å²) in [5.41, 5.74) is 2.10. The summed E-state index contributed by atoms with van der Waals surface area (Å²) in [5, 5.41) is 11.1. The largest absolute Gasteiger partial charge is 0.402 e. The number of nitro groups is 1. The van der Waals surface area contributed by atoms with Crippen molar-refractivity contribution in [1.29, 1.82) is 0 Å². The van der Waals surface area contributed by atoms with Crippen molar-refractivity contribution in [2.45, 2.75) is 26.2 Å². The van der Waals surface area contributed by atoms with Gasteiger partial charge in [-0.05, 0) is 35.3 Å². The van der Waals surface area contributed by atoms with Crippen LogP contribution in [0.3, 0.4) is 0 Å². The molecule has 0 N–H and O–H groups in total. The van der Waals surface area contributed by atoms with E-state index in [1.165, 1.54) is 12.1 Å². The molecule has 0 atom stereocenters. The number of nitrogens with zero attached hydrogens (tertiary/aromatic N) is 2. The van der Waals surface area contributed by atoms with Crippen molar-refractivity contribution in [2.75, 3.05) is 0 Å². The lowest BCUT2D eigenvalue weighted by Crippen LogP contribution is -2.11. The molecule has 0 radical (unpaired) electrons. The molecule has 0 aliphatic carbocycles. The van der Waals surface area contributed by atoms with Gasteiger partial charge in [-0.25, -0.2) is 9.79 Å². The van der Waals surface area contributed by atoms with Crippen LogP contribution < -0.4 is 0 Å². The van der Waals surface area contributed by atoms with Crippen molar-refractivity contribution >= 4 is 23.6 Å². The van der Waals surface area contributed by atoms with Gasteiger partial charge in [0.25, 0.3) is 5.69 Å². The van der Waals surface area contributed by atoms with Crippen molar-refractivity contribution in [3.8, 4) is 0 Å². The van der Waals surface area contributed by atoms with E-state index in [9.17, 15) is 14.9 Å². The maximum atomic E-state index is 12.1. The van der Waals surface area contributed by atoms with Gasteiger partial charge in [-0.3, -0.25) is 10.1 Å². The third-order valence-corrected chi connectivity index (χ3v) is 4.04. The van der Waals surface area contributed by atoms with Crippen molar-refractivity contribution < 1.29 is 14.5 Å². The number of carbonyl (C=O) groups is 1. The van der Waals surface area contributed by atoms with Gasteiger partial charge in [-0.2, -0.15) is 0 Å². The van der Waals surface area contributed by atoms with Gasteiger partial charge in [0, 0.05) is 11.6 Å². The van der Waals surface area contributed by atoms with Crippen LogP contribution in [-0.2, 0) is 14.9 Å². The van der Waals surface area contributed by atoms with Gasteiger partial charge in [0.1, 0.15) is 0 Å². The summed E-state index contributed by atoms with van der Waals surface area (Å²) in [4.78, 5) is 26.9. The zero-order chi connectivity index (χ0) is 18.9. The van der Waals surface area contributed by atoms with E-state index in [0.717, 1.165) is 5.56 Å². The summed E-state index contributed by atoms with van der Waals surface area (Å²) in [7, 11) is 0. The lowest BCUT2D eigenvalue weighted by molar-refractivity contribution is -0.385. The summed E-state index contributed by atoms with van der Waals surface area (Å²) >= 11 is 0. The third kappa shape index (κ3) is 3.54. The Bertz CT molecular complexity index is 935. The topological polar surface area (TPSA) is 81.8 Å². The van der Waals surface area contributed by atoms with E-state index >= 15 is 0 Å². The highest BCUT2D eigenvalue weighted by molar-refractivity contribution is 6.13. The molecule has 0 saturated carbocycles. The number of carbonyl (C=O) groups excluding carboxylic acids is 1. The molecule has 6 nitrogen and oxygen atoms in total. The van der Waals surface area contributed by atoms with Crippen LogP contribution >= 0.6 is 0 Å². The van der Waals surface area contributed by atoms with Gasteiger partial charge in [-0.1, -0.05) is 45.0 Å². The zero-order valence-corrected chi connectivity index (χ0v) is 14.7. The second-order valence-corrected chi connectivity index (χ2v) is 6.98.